The van der Waals surface area contributed by atoms with Gasteiger partial charge in [0, 0.05) is 18.9 Å². The van der Waals surface area contributed by atoms with Crippen LogP contribution >= 0.6 is 23.2 Å². The quantitative estimate of drug-likeness (QED) is 0.800. The largest absolute Gasteiger partial charge is 0.328 e. The summed E-state index contributed by atoms with van der Waals surface area (Å²) >= 11 is 12.0. The Bertz CT molecular complexity index is 543. The molecule has 0 unspecified atom stereocenters. The molecule has 0 aliphatic rings. The Morgan fingerprint density at radius 2 is 2.00 bits per heavy atom. The summed E-state index contributed by atoms with van der Waals surface area (Å²) in [5.41, 5.74) is 0.303. The topological polar surface area (TPSA) is 34.9 Å². The Morgan fingerprint density at radius 1 is 1.35 bits per heavy atom. The molecule has 3 nitrogen and oxygen atoms in total. The van der Waals surface area contributed by atoms with Gasteiger partial charge in [-0.2, -0.15) is 0 Å². The number of benzene rings is 1. The van der Waals surface area contributed by atoms with Crippen LogP contribution in [0, 0.1) is 0 Å². The van der Waals surface area contributed by atoms with E-state index in [1.807, 2.05) is 6.92 Å². The average Bonchev–Trinajstić information content (AvgIpc) is 2.76. The second-order valence-corrected chi connectivity index (χ2v) is 4.28. The van der Waals surface area contributed by atoms with E-state index in [9.17, 15) is 4.79 Å². The summed E-state index contributed by atoms with van der Waals surface area (Å²) in [6.45, 7) is 2.61. The molecule has 5 heteroatoms. The summed E-state index contributed by atoms with van der Waals surface area (Å²) in [6, 6.07) is 4.98. The van der Waals surface area contributed by atoms with Crippen LogP contribution in [0.5, 0.6) is 0 Å². The number of aromatic nitrogens is 2. The molecule has 2 aromatic rings. The molecule has 1 aromatic heterocycles. The third-order valence-corrected chi connectivity index (χ3v) is 3.08. The molecule has 1 aromatic carbocycles. The van der Waals surface area contributed by atoms with Crippen LogP contribution in [0.25, 0.3) is 0 Å². The zero-order valence-corrected chi connectivity index (χ0v) is 10.7. The molecular weight excluding hydrogens is 259 g/mol. The molecule has 0 atom stereocenters. The molecule has 17 heavy (non-hydrogen) atoms. The molecule has 0 aliphatic heterocycles. The molecule has 0 saturated carbocycles. The van der Waals surface area contributed by atoms with Crippen LogP contribution in [0.1, 0.15) is 23.1 Å². The van der Waals surface area contributed by atoms with Crippen molar-refractivity contribution < 1.29 is 4.79 Å². The van der Waals surface area contributed by atoms with E-state index < -0.39 is 0 Å². The lowest BCUT2D eigenvalue weighted by molar-refractivity contribution is 0.102. The van der Waals surface area contributed by atoms with Crippen molar-refractivity contribution in [2.24, 2.45) is 0 Å². The Kier molecular flexibility index (Phi) is 3.50. The van der Waals surface area contributed by atoms with E-state index in [4.69, 9.17) is 23.2 Å². The first-order valence-corrected chi connectivity index (χ1v) is 5.90. The average molecular weight is 269 g/mol. The molecule has 0 N–H and O–H groups in total. The van der Waals surface area contributed by atoms with Crippen LogP contribution in [-0.2, 0) is 6.54 Å². The maximum Gasteiger partial charge on any atom is 0.231 e. The van der Waals surface area contributed by atoms with E-state index in [0.717, 1.165) is 0 Å². The normalized spacial score (nSPS) is 10.5. The van der Waals surface area contributed by atoms with Crippen molar-refractivity contribution in [3.63, 3.8) is 0 Å². The zero-order valence-electron chi connectivity index (χ0n) is 9.15. The highest BCUT2D eigenvalue weighted by Crippen LogP contribution is 2.26. The predicted octanol–water partition coefficient (Wildman–Crippen LogP) is 3.44. The summed E-state index contributed by atoms with van der Waals surface area (Å²) < 4.78 is 1.75. The Balaban J connectivity index is 2.51. The van der Waals surface area contributed by atoms with Crippen molar-refractivity contribution in [2.45, 2.75) is 13.5 Å². The number of hydrogen-bond acceptors (Lipinski definition) is 2. The maximum absolute atomic E-state index is 12.3. The lowest BCUT2D eigenvalue weighted by Crippen LogP contribution is -2.11. The summed E-state index contributed by atoms with van der Waals surface area (Å²) in [5.74, 6) is 0.0925. The van der Waals surface area contributed by atoms with E-state index >= 15 is 0 Å². The lowest BCUT2D eigenvalue weighted by Gasteiger charge is -2.07. The van der Waals surface area contributed by atoms with Gasteiger partial charge >= 0.3 is 0 Å². The minimum Gasteiger partial charge on any atom is -0.328 e. The minimum atomic E-state index is -0.257. The molecule has 0 saturated heterocycles. The monoisotopic (exact) mass is 268 g/mol. The molecule has 0 spiro atoms. The number of halogens is 2. The van der Waals surface area contributed by atoms with E-state index in [2.05, 4.69) is 4.98 Å². The van der Waals surface area contributed by atoms with E-state index in [1.54, 1.807) is 35.2 Å². The number of hydrogen-bond donors (Lipinski definition) is 0. The highest BCUT2D eigenvalue weighted by Gasteiger charge is 2.20. The highest BCUT2D eigenvalue weighted by molar-refractivity contribution is 6.40. The number of imidazole rings is 1. The van der Waals surface area contributed by atoms with Gasteiger partial charge in [0.05, 0.1) is 15.6 Å². The van der Waals surface area contributed by atoms with Gasteiger partial charge in [-0.25, -0.2) is 4.98 Å². The van der Waals surface area contributed by atoms with Crippen LogP contribution < -0.4 is 0 Å². The fraction of sp³-hybridized carbons (Fsp3) is 0.167. The summed E-state index contributed by atoms with van der Waals surface area (Å²) in [7, 11) is 0. The van der Waals surface area contributed by atoms with Crippen molar-refractivity contribution in [3.05, 3.63) is 52.0 Å². The van der Waals surface area contributed by atoms with Gasteiger partial charge in [-0.15, -0.1) is 0 Å². The Morgan fingerprint density at radius 3 is 2.59 bits per heavy atom. The van der Waals surface area contributed by atoms with Gasteiger partial charge in [-0.05, 0) is 19.1 Å². The second-order valence-electron chi connectivity index (χ2n) is 3.46. The summed E-state index contributed by atoms with van der Waals surface area (Å²) in [5, 5.41) is 0.682. The van der Waals surface area contributed by atoms with Crippen molar-refractivity contribution in [1.29, 1.82) is 0 Å². The van der Waals surface area contributed by atoms with Crippen molar-refractivity contribution in [3.8, 4) is 0 Å². The second kappa shape index (κ2) is 4.90. The number of rotatable bonds is 3. The fourth-order valence-corrected chi connectivity index (χ4v) is 2.17. The van der Waals surface area contributed by atoms with Gasteiger partial charge in [0.25, 0.3) is 0 Å². The van der Waals surface area contributed by atoms with Crippen LogP contribution in [-0.4, -0.2) is 15.3 Å². The van der Waals surface area contributed by atoms with Gasteiger partial charge in [-0.1, -0.05) is 29.3 Å². The van der Waals surface area contributed by atoms with Crippen LogP contribution in [0.3, 0.4) is 0 Å². The molecule has 1 heterocycles. The maximum atomic E-state index is 12.3. The number of nitrogens with zero attached hydrogens (tertiary/aromatic N) is 2. The molecule has 0 amide bonds. The predicted molar refractivity (Wildman–Crippen MR) is 67.8 cm³/mol. The van der Waals surface area contributed by atoms with Crippen LogP contribution in [0.2, 0.25) is 10.0 Å². The van der Waals surface area contributed by atoms with Gasteiger partial charge in [0.2, 0.25) is 5.78 Å². The van der Waals surface area contributed by atoms with Crippen molar-refractivity contribution >= 4 is 29.0 Å². The molecule has 0 radical (unpaired) electrons. The number of aryl methyl sites for hydroxylation is 1. The lowest BCUT2D eigenvalue weighted by atomic mass is 10.1. The third kappa shape index (κ3) is 2.21. The van der Waals surface area contributed by atoms with Crippen molar-refractivity contribution in [1.82, 2.24) is 9.55 Å². The van der Waals surface area contributed by atoms with Crippen LogP contribution in [0.4, 0.5) is 0 Å². The van der Waals surface area contributed by atoms with Crippen molar-refractivity contribution in [2.75, 3.05) is 0 Å². The first kappa shape index (κ1) is 12.1. The van der Waals surface area contributed by atoms with Gasteiger partial charge < -0.3 is 4.57 Å². The number of carbonyl (C=O) groups is 1. The smallest absolute Gasteiger partial charge is 0.231 e. The highest BCUT2D eigenvalue weighted by atomic mass is 35.5. The SMILES string of the molecule is CCn1ccnc1C(=O)c1c(Cl)cccc1Cl. The van der Waals surface area contributed by atoms with E-state index in [-0.39, 0.29) is 5.78 Å². The Labute approximate surface area is 109 Å². The Hall–Kier alpha value is -1.32. The number of carbonyl (C=O) groups excluding carboxylic acids is 1. The summed E-state index contributed by atoms with van der Waals surface area (Å²) in [6.07, 6.45) is 3.33. The summed E-state index contributed by atoms with van der Waals surface area (Å²) in [4.78, 5) is 16.3. The third-order valence-electron chi connectivity index (χ3n) is 2.45. The van der Waals surface area contributed by atoms with Gasteiger partial charge in [0.15, 0.2) is 5.82 Å². The van der Waals surface area contributed by atoms with Gasteiger partial charge in [-0.3, -0.25) is 4.79 Å². The van der Waals surface area contributed by atoms with E-state index in [0.29, 0.717) is 28.0 Å². The molecule has 0 bridgehead atoms. The fourth-order valence-electron chi connectivity index (χ4n) is 1.60. The zero-order chi connectivity index (χ0) is 12.4. The molecular formula is C12H10Cl2N2O. The minimum absolute atomic E-state index is 0.257. The van der Waals surface area contributed by atoms with Crippen LogP contribution in [0.15, 0.2) is 30.6 Å². The first-order chi connectivity index (χ1) is 8.15. The number of ketones is 1. The van der Waals surface area contributed by atoms with Gasteiger partial charge in [0.1, 0.15) is 0 Å². The molecule has 0 aliphatic carbocycles. The standard InChI is InChI=1S/C12H10Cl2N2O/c1-2-16-7-6-15-12(16)11(17)10-8(13)4-3-5-9(10)14/h3-7H,2H2,1H3. The molecule has 88 valence electrons. The molecule has 0 fully saturated rings. The molecule has 2 rings (SSSR count). The first-order valence-electron chi connectivity index (χ1n) is 5.15. The van der Waals surface area contributed by atoms with E-state index in [1.165, 1.54) is 0 Å².